The van der Waals surface area contributed by atoms with Gasteiger partial charge in [0.05, 0.1) is 6.42 Å². The molecule has 128 valence electrons. The van der Waals surface area contributed by atoms with Crippen LogP contribution in [0.5, 0.6) is 0 Å². The molecular weight excluding hydrogens is 304 g/mol. The molecule has 1 atom stereocenters. The monoisotopic (exact) mass is 328 g/mol. The maximum atomic E-state index is 12.9. The third-order valence-electron chi connectivity index (χ3n) is 4.65. The topological polar surface area (TPSA) is 59.7 Å². The van der Waals surface area contributed by atoms with Crippen LogP contribution in [0, 0.1) is 0 Å². The molecule has 0 radical (unpaired) electrons. The van der Waals surface area contributed by atoms with E-state index < -0.39 is 6.04 Å². The Bertz CT molecular complexity index is 752. The summed E-state index contributed by atoms with van der Waals surface area (Å²) in [5.74, 6) is -0.0121. The number of carbonyl (C=O) groups is 2. The van der Waals surface area contributed by atoms with E-state index in [1.165, 1.54) is 0 Å². The van der Waals surface area contributed by atoms with E-state index >= 15 is 0 Å². The average Bonchev–Trinajstić information content (AvgIpc) is 2.97. The zero-order chi connectivity index (χ0) is 17.3. The van der Waals surface area contributed by atoms with Crippen molar-refractivity contribution in [3.05, 3.63) is 36.0 Å². The summed E-state index contributed by atoms with van der Waals surface area (Å²) < 4.78 is 0. The fraction of sp³-hybridized carbons (Fsp3) is 0.444. The van der Waals surface area contributed by atoms with Gasteiger partial charge in [-0.3, -0.25) is 9.59 Å². The van der Waals surface area contributed by atoms with Crippen molar-refractivity contribution < 1.29 is 9.59 Å². The minimum absolute atomic E-state index is 0.00746. The van der Waals surface area contributed by atoms with Gasteiger partial charge in [0, 0.05) is 50.8 Å². The highest BCUT2D eigenvalue weighted by Crippen LogP contribution is 2.20. The minimum atomic E-state index is -0.406. The number of aromatic amines is 1. The Morgan fingerprint density at radius 1 is 1.25 bits per heavy atom. The SMILES string of the molecule is CN1CCN(C(=O)Cc2c[nH]c3ccccc23)[C@H](C(=O)N(C)C)C1. The van der Waals surface area contributed by atoms with Crippen molar-refractivity contribution in [2.75, 3.05) is 40.8 Å². The van der Waals surface area contributed by atoms with E-state index in [9.17, 15) is 9.59 Å². The Hall–Kier alpha value is -2.34. The maximum absolute atomic E-state index is 12.9. The van der Waals surface area contributed by atoms with E-state index in [0.29, 0.717) is 19.5 Å². The zero-order valence-corrected chi connectivity index (χ0v) is 14.5. The van der Waals surface area contributed by atoms with Crippen LogP contribution >= 0.6 is 0 Å². The smallest absolute Gasteiger partial charge is 0.246 e. The summed E-state index contributed by atoms with van der Waals surface area (Å²) in [5, 5.41) is 1.07. The largest absolute Gasteiger partial charge is 0.361 e. The lowest BCUT2D eigenvalue weighted by atomic mass is 10.1. The molecule has 0 bridgehead atoms. The van der Waals surface area contributed by atoms with Crippen LogP contribution in [0.25, 0.3) is 10.9 Å². The Kier molecular flexibility index (Phi) is 4.57. The van der Waals surface area contributed by atoms with Crippen LogP contribution in [-0.4, -0.2) is 78.3 Å². The van der Waals surface area contributed by atoms with E-state index in [-0.39, 0.29) is 11.8 Å². The first-order valence-electron chi connectivity index (χ1n) is 8.21. The number of fused-ring (bicyclic) bond motifs is 1. The van der Waals surface area contributed by atoms with Gasteiger partial charge in [-0.2, -0.15) is 0 Å². The van der Waals surface area contributed by atoms with Crippen molar-refractivity contribution in [3.63, 3.8) is 0 Å². The normalized spacial score (nSPS) is 18.8. The molecule has 1 saturated heterocycles. The molecule has 1 aromatic carbocycles. The van der Waals surface area contributed by atoms with Gasteiger partial charge < -0.3 is 19.7 Å². The molecule has 1 N–H and O–H groups in total. The van der Waals surface area contributed by atoms with Gasteiger partial charge in [-0.25, -0.2) is 0 Å². The van der Waals surface area contributed by atoms with E-state index in [1.807, 2.05) is 37.5 Å². The predicted octanol–water partition coefficient (Wildman–Crippen LogP) is 0.941. The van der Waals surface area contributed by atoms with Gasteiger partial charge in [-0.15, -0.1) is 0 Å². The fourth-order valence-corrected chi connectivity index (χ4v) is 3.27. The Morgan fingerprint density at radius 3 is 2.75 bits per heavy atom. The molecule has 2 amide bonds. The number of nitrogens with zero attached hydrogens (tertiary/aromatic N) is 3. The van der Waals surface area contributed by atoms with Gasteiger partial charge in [-0.1, -0.05) is 18.2 Å². The number of rotatable bonds is 3. The molecular formula is C18H24N4O2. The van der Waals surface area contributed by atoms with Crippen molar-refractivity contribution in [1.82, 2.24) is 19.7 Å². The summed E-state index contributed by atoms with van der Waals surface area (Å²) in [4.78, 5) is 34.0. The van der Waals surface area contributed by atoms with E-state index in [4.69, 9.17) is 0 Å². The molecule has 6 heteroatoms. The minimum Gasteiger partial charge on any atom is -0.361 e. The van der Waals surface area contributed by atoms with Crippen LogP contribution in [0.4, 0.5) is 0 Å². The molecule has 1 aliphatic rings. The second-order valence-corrected chi connectivity index (χ2v) is 6.63. The van der Waals surface area contributed by atoms with Crippen LogP contribution < -0.4 is 0 Å². The van der Waals surface area contributed by atoms with Crippen LogP contribution in [0.1, 0.15) is 5.56 Å². The number of nitrogens with one attached hydrogen (secondary N) is 1. The number of para-hydroxylation sites is 1. The van der Waals surface area contributed by atoms with Gasteiger partial charge in [0.25, 0.3) is 0 Å². The van der Waals surface area contributed by atoms with Crippen molar-refractivity contribution in [2.24, 2.45) is 0 Å². The van der Waals surface area contributed by atoms with Crippen molar-refractivity contribution in [1.29, 1.82) is 0 Å². The molecule has 6 nitrogen and oxygen atoms in total. The fourth-order valence-electron chi connectivity index (χ4n) is 3.27. The summed E-state index contributed by atoms with van der Waals surface area (Å²) >= 11 is 0. The highest BCUT2D eigenvalue weighted by molar-refractivity contribution is 5.92. The number of aromatic nitrogens is 1. The summed E-state index contributed by atoms with van der Waals surface area (Å²) in [6, 6.07) is 7.55. The second kappa shape index (κ2) is 6.65. The molecule has 0 spiro atoms. The molecule has 1 aliphatic heterocycles. The zero-order valence-electron chi connectivity index (χ0n) is 14.5. The molecule has 24 heavy (non-hydrogen) atoms. The molecule has 1 aromatic heterocycles. The highest BCUT2D eigenvalue weighted by atomic mass is 16.2. The van der Waals surface area contributed by atoms with Crippen LogP contribution in [0.15, 0.2) is 30.5 Å². The van der Waals surface area contributed by atoms with Crippen molar-refractivity contribution in [3.8, 4) is 0 Å². The van der Waals surface area contributed by atoms with E-state index in [2.05, 4.69) is 9.88 Å². The molecule has 2 heterocycles. The summed E-state index contributed by atoms with van der Waals surface area (Å²) in [7, 11) is 5.45. The third-order valence-corrected chi connectivity index (χ3v) is 4.65. The van der Waals surface area contributed by atoms with E-state index in [1.54, 1.807) is 23.9 Å². The van der Waals surface area contributed by atoms with Gasteiger partial charge in [0.15, 0.2) is 0 Å². The van der Waals surface area contributed by atoms with Gasteiger partial charge in [0.1, 0.15) is 6.04 Å². The number of hydrogen-bond donors (Lipinski definition) is 1. The molecule has 0 aliphatic carbocycles. The number of H-pyrrole nitrogens is 1. The lowest BCUT2D eigenvalue weighted by molar-refractivity contribution is -0.147. The number of benzene rings is 1. The molecule has 1 fully saturated rings. The van der Waals surface area contributed by atoms with Crippen LogP contribution in [-0.2, 0) is 16.0 Å². The van der Waals surface area contributed by atoms with Crippen molar-refractivity contribution in [2.45, 2.75) is 12.5 Å². The van der Waals surface area contributed by atoms with E-state index in [0.717, 1.165) is 23.0 Å². The Morgan fingerprint density at radius 2 is 2.00 bits per heavy atom. The first-order chi connectivity index (χ1) is 11.5. The van der Waals surface area contributed by atoms with Crippen LogP contribution in [0.3, 0.4) is 0 Å². The maximum Gasteiger partial charge on any atom is 0.246 e. The molecule has 0 saturated carbocycles. The van der Waals surface area contributed by atoms with Gasteiger partial charge >= 0.3 is 0 Å². The summed E-state index contributed by atoms with van der Waals surface area (Å²) in [6.45, 7) is 1.95. The Balaban J connectivity index is 1.80. The Labute approximate surface area is 142 Å². The highest BCUT2D eigenvalue weighted by Gasteiger charge is 2.35. The average molecular weight is 328 g/mol. The first kappa shape index (κ1) is 16.5. The number of carbonyl (C=O) groups excluding carboxylic acids is 2. The summed E-state index contributed by atoms with van der Waals surface area (Å²) in [5.41, 5.74) is 2.00. The molecule has 3 rings (SSSR count). The number of piperazine rings is 1. The van der Waals surface area contributed by atoms with Crippen LogP contribution in [0.2, 0.25) is 0 Å². The number of likely N-dealkylation sites (N-methyl/N-ethyl adjacent to an activating group) is 2. The van der Waals surface area contributed by atoms with Gasteiger partial charge in [-0.05, 0) is 18.7 Å². The lowest BCUT2D eigenvalue weighted by Crippen LogP contribution is -2.59. The molecule has 0 unspecified atom stereocenters. The standard InChI is InChI=1S/C18H24N4O2/c1-20(2)18(24)16-12-21(3)8-9-22(16)17(23)10-13-11-19-15-7-5-4-6-14(13)15/h4-7,11,16,19H,8-10,12H2,1-3H3/t16-/m0/s1. The first-order valence-corrected chi connectivity index (χ1v) is 8.21. The summed E-state index contributed by atoms with van der Waals surface area (Å²) in [6.07, 6.45) is 2.20. The van der Waals surface area contributed by atoms with Gasteiger partial charge in [0.2, 0.25) is 11.8 Å². The number of amides is 2. The lowest BCUT2D eigenvalue weighted by Gasteiger charge is -2.40. The quantitative estimate of drug-likeness (QED) is 0.912. The predicted molar refractivity (Wildman–Crippen MR) is 93.7 cm³/mol. The number of hydrogen-bond acceptors (Lipinski definition) is 3. The third kappa shape index (κ3) is 3.14. The molecule has 2 aromatic rings. The second-order valence-electron chi connectivity index (χ2n) is 6.63. The van der Waals surface area contributed by atoms with Crippen molar-refractivity contribution >= 4 is 22.7 Å².